The molecule has 0 unspecified atom stereocenters. The molecule has 2 aromatic rings. The van der Waals surface area contributed by atoms with Gasteiger partial charge in [0, 0.05) is 32.7 Å². The van der Waals surface area contributed by atoms with Gasteiger partial charge in [-0.25, -0.2) is 0 Å². The van der Waals surface area contributed by atoms with E-state index in [1.54, 1.807) is 6.07 Å². The predicted molar refractivity (Wildman–Crippen MR) is 109 cm³/mol. The van der Waals surface area contributed by atoms with Crippen LogP contribution in [0.3, 0.4) is 0 Å². The summed E-state index contributed by atoms with van der Waals surface area (Å²) in [7, 11) is 0. The van der Waals surface area contributed by atoms with E-state index < -0.39 is 9.96 Å². The first-order valence-electron chi connectivity index (χ1n) is 8.35. The van der Waals surface area contributed by atoms with E-state index >= 15 is 0 Å². The van der Waals surface area contributed by atoms with Crippen LogP contribution in [0.5, 0.6) is 0 Å². The van der Waals surface area contributed by atoms with Crippen molar-refractivity contribution in [2.45, 2.75) is 16.5 Å². The van der Waals surface area contributed by atoms with Crippen molar-refractivity contribution in [1.82, 2.24) is 15.1 Å². The predicted octanol–water partition coefficient (Wildman–Crippen LogP) is 3.99. The van der Waals surface area contributed by atoms with Gasteiger partial charge in [0.15, 0.2) is 0 Å². The van der Waals surface area contributed by atoms with Gasteiger partial charge in [-0.05, 0) is 17.0 Å². The number of hydrogen-bond acceptors (Lipinski definition) is 4. The second kappa shape index (κ2) is 8.91. The number of carbonyl (C=O) groups excluding carboxylic acids is 1. The van der Waals surface area contributed by atoms with Gasteiger partial charge in [0.05, 0.1) is 4.88 Å². The first kappa shape index (κ1) is 19.9. The van der Waals surface area contributed by atoms with Crippen LogP contribution in [-0.4, -0.2) is 51.8 Å². The average Bonchev–Trinajstić information content (AvgIpc) is 3.15. The van der Waals surface area contributed by atoms with E-state index in [9.17, 15) is 4.79 Å². The molecule has 8 heteroatoms. The molecule has 2 heterocycles. The maximum atomic E-state index is 12.4. The van der Waals surface area contributed by atoms with Crippen molar-refractivity contribution in [3.63, 3.8) is 0 Å². The van der Waals surface area contributed by atoms with Crippen LogP contribution < -0.4 is 5.32 Å². The highest BCUT2D eigenvalue weighted by Gasteiger charge is 2.39. The van der Waals surface area contributed by atoms with Crippen LogP contribution in [0.4, 0.5) is 0 Å². The zero-order chi connectivity index (χ0) is 18.6. The number of piperazine rings is 1. The SMILES string of the molecule is O=C(N[C@H](N1CCN(Cc2ccccc2)CC1)C(Cl)(Cl)Cl)c1cccs1. The van der Waals surface area contributed by atoms with E-state index in [-0.39, 0.29) is 5.91 Å². The molecule has 1 aliphatic rings. The van der Waals surface area contributed by atoms with Crippen molar-refractivity contribution < 1.29 is 4.79 Å². The summed E-state index contributed by atoms with van der Waals surface area (Å²) in [5.74, 6) is -0.219. The Morgan fingerprint density at radius 1 is 1.08 bits per heavy atom. The van der Waals surface area contributed by atoms with Crippen LogP contribution in [0.2, 0.25) is 0 Å². The summed E-state index contributed by atoms with van der Waals surface area (Å²) in [6.45, 7) is 4.03. The molecule has 3 rings (SSSR count). The molecule has 1 fully saturated rings. The lowest BCUT2D eigenvalue weighted by molar-refractivity contribution is 0.0660. The number of rotatable bonds is 5. The molecular weight excluding hydrogens is 413 g/mol. The molecule has 1 atom stereocenters. The summed E-state index contributed by atoms with van der Waals surface area (Å²) in [4.78, 5) is 17.4. The third-order valence-electron chi connectivity index (χ3n) is 4.34. The van der Waals surface area contributed by atoms with E-state index in [1.807, 2.05) is 34.5 Å². The summed E-state index contributed by atoms with van der Waals surface area (Å²) in [5, 5.41) is 4.73. The zero-order valence-electron chi connectivity index (χ0n) is 14.1. The summed E-state index contributed by atoms with van der Waals surface area (Å²) >= 11 is 19.9. The molecule has 0 radical (unpaired) electrons. The molecule has 0 bridgehead atoms. The smallest absolute Gasteiger partial charge is 0.262 e. The van der Waals surface area contributed by atoms with Gasteiger partial charge >= 0.3 is 0 Å². The normalized spacial score (nSPS) is 17.8. The lowest BCUT2D eigenvalue weighted by Crippen LogP contribution is -2.60. The average molecular weight is 433 g/mol. The van der Waals surface area contributed by atoms with Crippen molar-refractivity contribution in [1.29, 1.82) is 0 Å². The second-order valence-corrected chi connectivity index (χ2v) is 9.51. The molecule has 0 aliphatic carbocycles. The number of halogens is 3. The second-order valence-electron chi connectivity index (χ2n) is 6.19. The van der Waals surface area contributed by atoms with Gasteiger partial charge in [0.2, 0.25) is 3.79 Å². The van der Waals surface area contributed by atoms with Crippen LogP contribution in [0.25, 0.3) is 0 Å². The van der Waals surface area contributed by atoms with E-state index in [4.69, 9.17) is 34.8 Å². The van der Waals surface area contributed by atoms with Crippen molar-refractivity contribution in [3.05, 3.63) is 58.3 Å². The highest BCUT2D eigenvalue weighted by atomic mass is 35.6. The lowest BCUT2D eigenvalue weighted by atomic mass is 10.2. The van der Waals surface area contributed by atoms with Crippen LogP contribution >= 0.6 is 46.1 Å². The summed E-state index contributed by atoms with van der Waals surface area (Å²) in [6.07, 6.45) is -0.666. The van der Waals surface area contributed by atoms with Crippen molar-refractivity contribution in [3.8, 4) is 0 Å². The highest BCUT2D eigenvalue weighted by molar-refractivity contribution is 7.12. The standard InChI is InChI=1S/C18H20Cl3N3OS/c19-18(20,21)17(22-16(25)15-7-4-12-26-15)24-10-8-23(9-11-24)13-14-5-2-1-3-6-14/h1-7,12,17H,8-11,13H2,(H,22,25)/t17-/m1/s1. The minimum absolute atomic E-state index is 0.219. The Hall–Kier alpha value is -0.820. The Morgan fingerprint density at radius 2 is 1.77 bits per heavy atom. The topological polar surface area (TPSA) is 35.6 Å². The van der Waals surface area contributed by atoms with Crippen molar-refractivity contribution >= 4 is 52.0 Å². The van der Waals surface area contributed by atoms with E-state index in [0.29, 0.717) is 4.88 Å². The fourth-order valence-electron chi connectivity index (χ4n) is 3.00. The lowest BCUT2D eigenvalue weighted by Gasteiger charge is -2.41. The largest absolute Gasteiger partial charge is 0.332 e. The number of nitrogens with zero attached hydrogens (tertiary/aromatic N) is 2. The van der Waals surface area contributed by atoms with Gasteiger partial charge in [-0.1, -0.05) is 71.2 Å². The minimum atomic E-state index is -1.60. The monoisotopic (exact) mass is 431 g/mol. The molecule has 140 valence electrons. The number of amides is 1. The molecular formula is C18H20Cl3N3OS. The number of thiophene rings is 1. The molecule has 4 nitrogen and oxygen atoms in total. The number of carbonyl (C=O) groups is 1. The molecule has 1 N–H and O–H groups in total. The van der Waals surface area contributed by atoms with Crippen LogP contribution in [0, 0.1) is 0 Å². The molecule has 26 heavy (non-hydrogen) atoms. The molecule has 1 saturated heterocycles. The Labute approximate surface area is 172 Å². The van der Waals surface area contributed by atoms with Gasteiger partial charge in [0.1, 0.15) is 6.17 Å². The van der Waals surface area contributed by atoms with Gasteiger partial charge < -0.3 is 5.32 Å². The Bertz CT molecular complexity index is 698. The van der Waals surface area contributed by atoms with Gasteiger partial charge in [-0.15, -0.1) is 11.3 Å². The van der Waals surface area contributed by atoms with Crippen LogP contribution in [0.15, 0.2) is 47.8 Å². The summed E-state index contributed by atoms with van der Waals surface area (Å²) in [6, 6.07) is 13.9. The van der Waals surface area contributed by atoms with E-state index in [2.05, 4.69) is 22.3 Å². The number of benzene rings is 1. The molecule has 0 saturated carbocycles. The molecule has 1 aromatic heterocycles. The van der Waals surface area contributed by atoms with Gasteiger partial charge in [-0.2, -0.15) is 0 Å². The minimum Gasteiger partial charge on any atom is -0.332 e. The van der Waals surface area contributed by atoms with Crippen molar-refractivity contribution in [2.24, 2.45) is 0 Å². The maximum absolute atomic E-state index is 12.4. The zero-order valence-corrected chi connectivity index (χ0v) is 17.2. The fraction of sp³-hybridized carbons (Fsp3) is 0.389. The van der Waals surface area contributed by atoms with E-state index in [0.717, 1.165) is 32.7 Å². The Balaban J connectivity index is 1.59. The highest BCUT2D eigenvalue weighted by Crippen LogP contribution is 2.33. The first-order chi connectivity index (χ1) is 12.4. The van der Waals surface area contributed by atoms with Gasteiger partial charge in [0.25, 0.3) is 5.91 Å². The maximum Gasteiger partial charge on any atom is 0.262 e. The number of alkyl halides is 3. The number of hydrogen-bond donors (Lipinski definition) is 1. The number of nitrogens with one attached hydrogen (secondary N) is 1. The van der Waals surface area contributed by atoms with Gasteiger partial charge in [-0.3, -0.25) is 14.6 Å². The fourth-order valence-corrected chi connectivity index (χ4v) is 4.21. The Kier molecular flexibility index (Phi) is 6.83. The third kappa shape index (κ3) is 5.35. The quantitative estimate of drug-likeness (QED) is 0.726. The molecule has 1 aromatic carbocycles. The molecule has 1 amide bonds. The van der Waals surface area contributed by atoms with Crippen LogP contribution in [-0.2, 0) is 6.54 Å². The van der Waals surface area contributed by atoms with Crippen molar-refractivity contribution in [2.75, 3.05) is 26.2 Å². The molecule has 1 aliphatic heterocycles. The first-order valence-corrected chi connectivity index (χ1v) is 10.4. The summed E-state index contributed by atoms with van der Waals surface area (Å²) < 4.78 is -1.60. The summed E-state index contributed by atoms with van der Waals surface area (Å²) in [5.41, 5.74) is 1.28. The Morgan fingerprint density at radius 3 is 2.35 bits per heavy atom. The third-order valence-corrected chi connectivity index (χ3v) is 5.83. The molecule has 0 spiro atoms. The van der Waals surface area contributed by atoms with E-state index in [1.165, 1.54) is 16.9 Å². The van der Waals surface area contributed by atoms with Crippen LogP contribution in [0.1, 0.15) is 15.2 Å².